The van der Waals surface area contributed by atoms with Gasteiger partial charge in [0, 0.05) is 18.9 Å². The second-order valence-corrected chi connectivity index (χ2v) is 7.31. The number of aryl methyl sites for hydroxylation is 1. The van der Waals surface area contributed by atoms with Crippen LogP contribution in [0.3, 0.4) is 0 Å². The molecule has 1 saturated carbocycles. The first-order chi connectivity index (χ1) is 10.2. The van der Waals surface area contributed by atoms with Gasteiger partial charge in [-0.05, 0) is 44.2 Å². The van der Waals surface area contributed by atoms with Crippen LogP contribution in [0.25, 0.3) is 0 Å². The van der Waals surface area contributed by atoms with E-state index in [1.165, 1.54) is 56.7 Å². The monoisotopic (exact) mass is 290 g/mol. The number of aromatic nitrogens is 3. The molecule has 1 aromatic heterocycles. The second-order valence-electron chi connectivity index (χ2n) is 7.31. The molecule has 21 heavy (non-hydrogen) atoms. The summed E-state index contributed by atoms with van der Waals surface area (Å²) < 4.78 is 2.38. The Morgan fingerprint density at radius 2 is 1.81 bits per heavy atom. The average molecular weight is 290 g/mol. The molecule has 1 aliphatic heterocycles. The molecule has 0 unspecified atom stereocenters. The van der Waals surface area contributed by atoms with Crippen molar-refractivity contribution < 1.29 is 0 Å². The molecule has 0 saturated heterocycles. The fourth-order valence-electron chi connectivity index (χ4n) is 3.89. The van der Waals surface area contributed by atoms with Gasteiger partial charge in [-0.2, -0.15) is 0 Å². The van der Waals surface area contributed by atoms with E-state index < -0.39 is 0 Å². The van der Waals surface area contributed by atoms with E-state index in [9.17, 15) is 0 Å². The van der Waals surface area contributed by atoms with E-state index in [0.29, 0.717) is 5.92 Å². The SMILES string of the molecule is CC(C)c1nnc2n1C[C@@H](CNCC1CCCCC1)CC2. The molecule has 118 valence electrons. The molecule has 0 bridgehead atoms. The lowest BCUT2D eigenvalue weighted by Crippen LogP contribution is -2.33. The van der Waals surface area contributed by atoms with Crippen molar-refractivity contribution in [3.05, 3.63) is 11.6 Å². The second kappa shape index (κ2) is 6.91. The highest BCUT2D eigenvalue weighted by atomic mass is 15.3. The van der Waals surface area contributed by atoms with Crippen molar-refractivity contribution in [2.24, 2.45) is 11.8 Å². The van der Waals surface area contributed by atoms with Crippen LogP contribution in [0.1, 0.15) is 69.9 Å². The van der Waals surface area contributed by atoms with Gasteiger partial charge in [0.25, 0.3) is 0 Å². The van der Waals surface area contributed by atoms with Crippen LogP contribution in [0.15, 0.2) is 0 Å². The van der Waals surface area contributed by atoms with E-state index in [-0.39, 0.29) is 0 Å². The van der Waals surface area contributed by atoms with E-state index >= 15 is 0 Å². The minimum Gasteiger partial charge on any atom is -0.316 e. The van der Waals surface area contributed by atoms with Gasteiger partial charge >= 0.3 is 0 Å². The predicted molar refractivity (Wildman–Crippen MR) is 85.4 cm³/mol. The van der Waals surface area contributed by atoms with Gasteiger partial charge in [0.1, 0.15) is 11.6 Å². The topological polar surface area (TPSA) is 42.7 Å². The van der Waals surface area contributed by atoms with Crippen molar-refractivity contribution in [3.8, 4) is 0 Å². The van der Waals surface area contributed by atoms with Crippen LogP contribution in [-0.2, 0) is 13.0 Å². The molecule has 2 aliphatic rings. The predicted octanol–water partition coefficient (Wildman–Crippen LogP) is 3.13. The molecule has 0 aromatic carbocycles. The Bertz CT molecular complexity index is 446. The van der Waals surface area contributed by atoms with Gasteiger partial charge in [-0.15, -0.1) is 10.2 Å². The Morgan fingerprint density at radius 1 is 1.05 bits per heavy atom. The van der Waals surface area contributed by atoms with Gasteiger partial charge in [0.05, 0.1) is 0 Å². The largest absolute Gasteiger partial charge is 0.316 e. The highest BCUT2D eigenvalue weighted by Crippen LogP contribution is 2.24. The van der Waals surface area contributed by atoms with Crippen LogP contribution in [0.4, 0.5) is 0 Å². The normalized spacial score (nSPS) is 23.5. The third-order valence-electron chi connectivity index (χ3n) is 5.18. The summed E-state index contributed by atoms with van der Waals surface area (Å²) >= 11 is 0. The van der Waals surface area contributed by atoms with Crippen molar-refractivity contribution in [2.45, 2.75) is 71.3 Å². The fraction of sp³-hybridized carbons (Fsp3) is 0.882. The minimum absolute atomic E-state index is 0.472. The molecule has 0 radical (unpaired) electrons. The Balaban J connectivity index is 1.48. The molecule has 0 spiro atoms. The number of fused-ring (bicyclic) bond motifs is 1. The number of hydrogen-bond donors (Lipinski definition) is 1. The zero-order chi connectivity index (χ0) is 14.7. The molecule has 1 aliphatic carbocycles. The lowest BCUT2D eigenvalue weighted by Gasteiger charge is -2.27. The van der Waals surface area contributed by atoms with E-state index in [0.717, 1.165) is 31.3 Å². The molecule has 1 fully saturated rings. The lowest BCUT2D eigenvalue weighted by atomic mass is 9.89. The molecule has 2 heterocycles. The Labute approximate surface area is 128 Å². The first-order valence-electron chi connectivity index (χ1n) is 8.86. The molecular weight excluding hydrogens is 260 g/mol. The van der Waals surface area contributed by atoms with Gasteiger partial charge in [-0.25, -0.2) is 0 Å². The third kappa shape index (κ3) is 3.65. The van der Waals surface area contributed by atoms with Crippen LogP contribution in [0.2, 0.25) is 0 Å². The highest BCUT2D eigenvalue weighted by Gasteiger charge is 2.24. The van der Waals surface area contributed by atoms with Crippen LogP contribution in [0.5, 0.6) is 0 Å². The maximum absolute atomic E-state index is 4.38. The number of rotatable bonds is 5. The fourth-order valence-corrected chi connectivity index (χ4v) is 3.89. The zero-order valence-corrected chi connectivity index (χ0v) is 13.6. The first-order valence-corrected chi connectivity index (χ1v) is 8.86. The molecular formula is C17H30N4. The van der Waals surface area contributed by atoms with Gasteiger partial charge in [0.15, 0.2) is 0 Å². The van der Waals surface area contributed by atoms with Crippen molar-refractivity contribution in [1.82, 2.24) is 20.1 Å². The minimum atomic E-state index is 0.472. The molecule has 1 aromatic rings. The summed E-state index contributed by atoms with van der Waals surface area (Å²) in [7, 11) is 0. The van der Waals surface area contributed by atoms with Gasteiger partial charge in [0.2, 0.25) is 0 Å². The third-order valence-corrected chi connectivity index (χ3v) is 5.18. The van der Waals surface area contributed by atoms with Crippen LogP contribution < -0.4 is 5.32 Å². The molecule has 4 nitrogen and oxygen atoms in total. The maximum Gasteiger partial charge on any atom is 0.135 e. The molecule has 1 atom stereocenters. The first kappa shape index (κ1) is 15.0. The standard InChI is InChI=1S/C17H30N4/c1-13(2)17-20-19-16-9-8-15(12-21(16)17)11-18-10-14-6-4-3-5-7-14/h13-15,18H,3-12H2,1-2H3/t15-/m1/s1. The summed E-state index contributed by atoms with van der Waals surface area (Å²) in [5.74, 6) is 4.51. The van der Waals surface area contributed by atoms with Crippen LogP contribution in [0, 0.1) is 11.8 Å². The molecule has 4 heteroatoms. The van der Waals surface area contributed by atoms with E-state index in [4.69, 9.17) is 0 Å². The van der Waals surface area contributed by atoms with E-state index in [2.05, 4.69) is 33.9 Å². The van der Waals surface area contributed by atoms with Gasteiger partial charge < -0.3 is 9.88 Å². The van der Waals surface area contributed by atoms with Crippen molar-refractivity contribution in [3.63, 3.8) is 0 Å². The highest BCUT2D eigenvalue weighted by molar-refractivity contribution is 5.03. The lowest BCUT2D eigenvalue weighted by molar-refractivity contribution is 0.304. The van der Waals surface area contributed by atoms with E-state index in [1.54, 1.807) is 0 Å². The van der Waals surface area contributed by atoms with Gasteiger partial charge in [-0.1, -0.05) is 33.1 Å². The van der Waals surface area contributed by atoms with E-state index in [1.807, 2.05) is 0 Å². The summed E-state index contributed by atoms with van der Waals surface area (Å²) in [6, 6.07) is 0. The summed E-state index contributed by atoms with van der Waals surface area (Å²) in [5, 5.41) is 12.5. The Kier molecular flexibility index (Phi) is 4.94. The summed E-state index contributed by atoms with van der Waals surface area (Å²) in [6.07, 6.45) is 9.56. The van der Waals surface area contributed by atoms with Gasteiger partial charge in [-0.3, -0.25) is 0 Å². The smallest absolute Gasteiger partial charge is 0.135 e. The van der Waals surface area contributed by atoms with Crippen molar-refractivity contribution in [1.29, 1.82) is 0 Å². The van der Waals surface area contributed by atoms with Crippen LogP contribution in [-0.4, -0.2) is 27.9 Å². The molecule has 3 rings (SSSR count). The van der Waals surface area contributed by atoms with Crippen molar-refractivity contribution >= 4 is 0 Å². The quantitative estimate of drug-likeness (QED) is 0.906. The number of nitrogens with zero attached hydrogens (tertiary/aromatic N) is 3. The average Bonchev–Trinajstić information content (AvgIpc) is 2.92. The summed E-state index contributed by atoms with van der Waals surface area (Å²) in [4.78, 5) is 0. The Hall–Kier alpha value is -0.900. The summed E-state index contributed by atoms with van der Waals surface area (Å²) in [5.41, 5.74) is 0. The molecule has 0 amide bonds. The van der Waals surface area contributed by atoms with Crippen LogP contribution >= 0.6 is 0 Å². The van der Waals surface area contributed by atoms with Crippen molar-refractivity contribution in [2.75, 3.05) is 13.1 Å². The number of nitrogens with one attached hydrogen (secondary N) is 1. The maximum atomic E-state index is 4.38. The summed E-state index contributed by atoms with van der Waals surface area (Å²) in [6.45, 7) is 7.91. The zero-order valence-electron chi connectivity index (χ0n) is 13.6. The Morgan fingerprint density at radius 3 is 2.57 bits per heavy atom. The number of hydrogen-bond acceptors (Lipinski definition) is 3. The molecule has 1 N–H and O–H groups in total.